The summed E-state index contributed by atoms with van der Waals surface area (Å²) in [6, 6.07) is -1.44. The molecule has 6 atom stereocenters. The number of carbonyl (C=O) groups excluding carboxylic acids is 1. The molecule has 6 fully saturated rings. The van der Waals surface area contributed by atoms with Crippen LogP contribution in [0.3, 0.4) is 0 Å². The predicted octanol–water partition coefficient (Wildman–Crippen LogP) is 1.21. The lowest BCUT2D eigenvalue weighted by molar-refractivity contribution is -0.179. The molecule has 0 spiro atoms. The van der Waals surface area contributed by atoms with E-state index in [9.17, 15) is 19.8 Å². The fourth-order valence-corrected chi connectivity index (χ4v) is 7.88. The van der Waals surface area contributed by atoms with Crippen molar-refractivity contribution >= 4 is 11.9 Å². The number of carboxylic acid groups (broad SMARTS) is 1. The van der Waals surface area contributed by atoms with E-state index in [0.29, 0.717) is 24.8 Å². The maximum atomic E-state index is 13.3. The Hall–Kier alpha value is -1.14. The molecule has 0 aromatic heterocycles. The largest absolute Gasteiger partial charge is 0.480 e. The van der Waals surface area contributed by atoms with Crippen molar-refractivity contribution in [1.29, 1.82) is 0 Å². The first-order valence-electron chi connectivity index (χ1n) is 10.1. The molecule has 6 nitrogen and oxygen atoms in total. The molecule has 1 amide bonds. The van der Waals surface area contributed by atoms with Crippen LogP contribution in [0, 0.1) is 34.5 Å². The van der Waals surface area contributed by atoms with Gasteiger partial charge >= 0.3 is 5.97 Å². The molecule has 0 radical (unpaired) electrons. The van der Waals surface area contributed by atoms with Crippen LogP contribution in [-0.4, -0.2) is 51.2 Å². The molecule has 0 aromatic carbocycles. The fourth-order valence-electron chi connectivity index (χ4n) is 7.88. The van der Waals surface area contributed by atoms with Gasteiger partial charge < -0.3 is 20.8 Å². The minimum absolute atomic E-state index is 0.000223. The third-order valence-corrected chi connectivity index (χ3v) is 8.75. The standard InChI is InChI=1S/C20H30N2O4/c1-18(2)12-8-22(14(13(12)18)17(24)25)16(23)15(21)19-4-10-3-11(5-19)7-20(26,6-10)9-19/h10-15,26H,3-9,21H2,1-2H3,(H,24,25)/t10?,11?,12-,13-,14-,15+,19?,20?/m0/s1. The second kappa shape index (κ2) is 4.82. The highest BCUT2D eigenvalue weighted by atomic mass is 16.4. The number of hydrogen-bond donors (Lipinski definition) is 3. The number of aliphatic hydroxyl groups is 1. The number of piperidine rings is 1. The molecular weight excluding hydrogens is 332 g/mol. The van der Waals surface area contributed by atoms with Crippen molar-refractivity contribution in [3.05, 3.63) is 0 Å². The normalized spacial score (nSPS) is 51.2. The summed E-state index contributed by atoms with van der Waals surface area (Å²) in [5, 5.41) is 20.7. The Kier molecular flexibility index (Phi) is 3.15. The second-order valence-corrected chi connectivity index (χ2v) is 10.8. The van der Waals surface area contributed by atoms with E-state index in [-0.39, 0.29) is 28.6 Å². The molecule has 4 N–H and O–H groups in total. The van der Waals surface area contributed by atoms with Crippen molar-refractivity contribution in [1.82, 2.24) is 4.90 Å². The summed E-state index contributed by atoms with van der Waals surface area (Å²) in [7, 11) is 0. The van der Waals surface area contributed by atoms with Gasteiger partial charge in [-0.3, -0.25) is 4.79 Å². The number of nitrogens with zero attached hydrogens (tertiary/aromatic N) is 1. The Bertz CT molecular complexity index is 675. The summed E-state index contributed by atoms with van der Waals surface area (Å²) < 4.78 is 0. The van der Waals surface area contributed by atoms with Crippen molar-refractivity contribution in [2.24, 2.45) is 40.2 Å². The van der Waals surface area contributed by atoms with Crippen LogP contribution in [0.5, 0.6) is 0 Å². The van der Waals surface area contributed by atoms with E-state index in [4.69, 9.17) is 5.73 Å². The minimum atomic E-state index is -0.909. The highest BCUT2D eigenvalue weighted by Crippen LogP contribution is 2.66. The van der Waals surface area contributed by atoms with E-state index in [1.54, 1.807) is 4.90 Å². The van der Waals surface area contributed by atoms with Crippen LogP contribution in [0.2, 0.25) is 0 Å². The molecule has 2 unspecified atom stereocenters. The molecule has 1 saturated heterocycles. The molecule has 144 valence electrons. The van der Waals surface area contributed by atoms with Crippen LogP contribution >= 0.6 is 0 Å². The molecule has 4 bridgehead atoms. The van der Waals surface area contributed by atoms with Gasteiger partial charge in [0.2, 0.25) is 5.91 Å². The van der Waals surface area contributed by atoms with Crippen LogP contribution in [0.1, 0.15) is 52.4 Å². The van der Waals surface area contributed by atoms with Crippen molar-refractivity contribution < 1.29 is 19.8 Å². The van der Waals surface area contributed by atoms with E-state index in [1.165, 1.54) is 0 Å². The number of fused-ring (bicyclic) bond motifs is 1. The summed E-state index contributed by atoms with van der Waals surface area (Å²) in [6.45, 7) is 4.69. The number of carboxylic acids is 1. The molecule has 6 rings (SSSR count). The number of hydrogen-bond acceptors (Lipinski definition) is 4. The van der Waals surface area contributed by atoms with Crippen molar-refractivity contribution in [2.45, 2.75) is 70.1 Å². The highest BCUT2D eigenvalue weighted by Gasteiger charge is 2.70. The van der Waals surface area contributed by atoms with Crippen LogP contribution in [-0.2, 0) is 9.59 Å². The topological polar surface area (TPSA) is 104 Å². The summed E-state index contributed by atoms with van der Waals surface area (Å²) in [5.74, 6) is 0.110. The van der Waals surface area contributed by atoms with Gasteiger partial charge in [-0.15, -0.1) is 0 Å². The van der Waals surface area contributed by atoms with E-state index >= 15 is 0 Å². The first-order chi connectivity index (χ1) is 12.1. The number of carbonyl (C=O) groups is 2. The summed E-state index contributed by atoms with van der Waals surface area (Å²) >= 11 is 0. The minimum Gasteiger partial charge on any atom is -0.480 e. The van der Waals surface area contributed by atoms with Gasteiger partial charge in [-0.1, -0.05) is 13.8 Å². The zero-order valence-electron chi connectivity index (χ0n) is 15.6. The first-order valence-corrected chi connectivity index (χ1v) is 10.1. The number of rotatable bonds is 3. The maximum Gasteiger partial charge on any atom is 0.326 e. The third kappa shape index (κ3) is 2.06. The second-order valence-electron chi connectivity index (χ2n) is 10.8. The van der Waals surface area contributed by atoms with Gasteiger partial charge in [0.15, 0.2) is 0 Å². The zero-order chi connectivity index (χ0) is 18.6. The zero-order valence-corrected chi connectivity index (χ0v) is 15.6. The SMILES string of the molecule is CC1(C)[C@@H]2[C@@H](C(=O)O)N(C(=O)[C@@H](N)C34CC5CC(CC(O)(C5)C3)C4)C[C@@H]21. The highest BCUT2D eigenvalue weighted by molar-refractivity contribution is 5.89. The molecule has 5 saturated carbocycles. The Balaban J connectivity index is 1.40. The lowest BCUT2D eigenvalue weighted by Crippen LogP contribution is -2.65. The Morgan fingerprint density at radius 2 is 1.77 bits per heavy atom. The molecule has 6 heteroatoms. The van der Waals surface area contributed by atoms with Gasteiger partial charge in [0, 0.05) is 12.5 Å². The molecule has 0 aromatic rings. The van der Waals surface area contributed by atoms with E-state index < -0.39 is 23.7 Å². The number of amides is 1. The van der Waals surface area contributed by atoms with Gasteiger partial charge in [-0.2, -0.15) is 0 Å². The predicted molar refractivity (Wildman–Crippen MR) is 93.9 cm³/mol. The van der Waals surface area contributed by atoms with Crippen LogP contribution in [0.15, 0.2) is 0 Å². The quantitative estimate of drug-likeness (QED) is 0.700. The summed E-state index contributed by atoms with van der Waals surface area (Å²) in [5.41, 5.74) is 5.54. The summed E-state index contributed by atoms with van der Waals surface area (Å²) in [6.07, 6.45) is 5.23. The number of aliphatic carboxylic acids is 1. The van der Waals surface area contributed by atoms with Gasteiger partial charge in [-0.25, -0.2) is 4.79 Å². The van der Waals surface area contributed by atoms with E-state index in [0.717, 1.165) is 32.1 Å². The Morgan fingerprint density at radius 1 is 1.15 bits per heavy atom. The molecule has 26 heavy (non-hydrogen) atoms. The summed E-state index contributed by atoms with van der Waals surface area (Å²) in [4.78, 5) is 26.8. The molecule has 1 heterocycles. The molecule has 6 aliphatic rings. The molecule has 1 aliphatic heterocycles. The van der Waals surface area contributed by atoms with Gasteiger partial charge in [0.1, 0.15) is 6.04 Å². The van der Waals surface area contributed by atoms with Crippen LogP contribution in [0.25, 0.3) is 0 Å². The van der Waals surface area contributed by atoms with Gasteiger partial charge in [0.25, 0.3) is 0 Å². The van der Waals surface area contributed by atoms with Gasteiger partial charge in [0.05, 0.1) is 11.6 Å². The Morgan fingerprint density at radius 3 is 2.31 bits per heavy atom. The lowest BCUT2D eigenvalue weighted by Gasteiger charge is -2.61. The fraction of sp³-hybridized carbons (Fsp3) is 0.900. The number of likely N-dealkylation sites (tertiary alicyclic amines) is 1. The first kappa shape index (κ1) is 17.0. The van der Waals surface area contributed by atoms with Gasteiger partial charge in [-0.05, 0) is 67.1 Å². The average molecular weight is 362 g/mol. The van der Waals surface area contributed by atoms with E-state index in [1.807, 2.05) is 0 Å². The van der Waals surface area contributed by atoms with Crippen molar-refractivity contribution in [3.8, 4) is 0 Å². The monoisotopic (exact) mass is 362 g/mol. The molecular formula is C20H30N2O4. The number of nitrogens with two attached hydrogens (primary N) is 1. The van der Waals surface area contributed by atoms with Crippen LogP contribution in [0.4, 0.5) is 0 Å². The van der Waals surface area contributed by atoms with E-state index in [2.05, 4.69) is 13.8 Å². The van der Waals surface area contributed by atoms with Crippen molar-refractivity contribution in [2.75, 3.05) is 6.54 Å². The molecule has 5 aliphatic carbocycles. The van der Waals surface area contributed by atoms with Crippen LogP contribution < -0.4 is 5.73 Å². The Labute approximate surface area is 154 Å². The average Bonchev–Trinajstić information content (AvgIpc) is 2.90. The maximum absolute atomic E-state index is 13.3. The third-order valence-electron chi connectivity index (χ3n) is 8.75. The lowest BCUT2D eigenvalue weighted by atomic mass is 9.46. The smallest absolute Gasteiger partial charge is 0.326 e. The van der Waals surface area contributed by atoms with Crippen molar-refractivity contribution in [3.63, 3.8) is 0 Å².